The minimum Gasteiger partial charge on any atom is -0.496 e. The summed E-state index contributed by atoms with van der Waals surface area (Å²) >= 11 is 0. The SMILES string of the molecule is COc1ccc2ccc(=O)oc2c1CC(=O)O. The topological polar surface area (TPSA) is 76.7 Å². The summed E-state index contributed by atoms with van der Waals surface area (Å²) in [7, 11) is 1.44. The van der Waals surface area contributed by atoms with Crippen LogP contribution in [0, 0.1) is 0 Å². The van der Waals surface area contributed by atoms with Crippen molar-refractivity contribution in [3.63, 3.8) is 0 Å². The van der Waals surface area contributed by atoms with Gasteiger partial charge in [-0.2, -0.15) is 0 Å². The average molecular weight is 234 g/mol. The predicted octanol–water partition coefficient (Wildman–Crippen LogP) is 1.43. The Morgan fingerprint density at radius 1 is 1.35 bits per heavy atom. The van der Waals surface area contributed by atoms with Gasteiger partial charge >= 0.3 is 11.6 Å². The summed E-state index contributed by atoms with van der Waals surface area (Å²) in [4.78, 5) is 22.0. The van der Waals surface area contributed by atoms with Gasteiger partial charge in [0.25, 0.3) is 0 Å². The molecule has 1 heterocycles. The number of rotatable bonds is 3. The quantitative estimate of drug-likeness (QED) is 0.813. The lowest BCUT2D eigenvalue weighted by atomic mass is 10.1. The highest BCUT2D eigenvalue weighted by Gasteiger charge is 2.14. The number of carboxylic acids is 1. The number of carbonyl (C=O) groups is 1. The molecule has 0 spiro atoms. The molecule has 0 unspecified atom stereocenters. The van der Waals surface area contributed by atoms with Crippen molar-refractivity contribution < 1.29 is 19.1 Å². The summed E-state index contributed by atoms with van der Waals surface area (Å²) in [5.74, 6) is -0.614. The van der Waals surface area contributed by atoms with E-state index >= 15 is 0 Å². The van der Waals surface area contributed by atoms with E-state index in [-0.39, 0.29) is 12.0 Å². The Morgan fingerprint density at radius 3 is 2.71 bits per heavy atom. The summed E-state index contributed by atoms with van der Waals surface area (Å²) < 4.78 is 10.1. The van der Waals surface area contributed by atoms with Crippen molar-refractivity contribution in [2.24, 2.45) is 0 Å². The Bertz CT molecular complexity index is 626. The summed E-state index contributed by atoms with van der Waals surface area (Å²) in [6.45, 7) is 0. The fourth-order valence-electron chi connectivity index (χ4n) is 1.68. The van der Waals surface area contributed by atoms with Crippen LogP contribution in [0.25, 0.3) is 11.0 Å². The van der Waals surface area contributed by atoms with Crippen molar-refractivity contribution in [3.8, 4) is 5.75 Å². The Hall–Kier alpha value is -2.30. The number of benzene rings is 1. The van der Waals surface area contributed by atoms with Crippen LogP contribution < -0.4 is 10.4 Å². The first-order valence-corrected chi connectivity index (χ1v) is 4.93. The van der Waals surface area contributed by atoms with E-state index in [1.54, 1.807) is 18.2 Å². The van der Waals surface area contributed by atoms with Crippen LogP contribution in [0.2, 0.25) is 0 Å². The number of hydrogen-bond donors (Lipinski definition) is 1. The van der Waals surface area contributed by atoms with E-state index in [1.165, 1.54) is 13.2 Å². The van der Waals surface area contributed by atoms with E-state index in [2.05, 4.69) is 0 Å². The standard InChI is InChI=1S/C12H10O5/c1-16-9-4-2-7-3-5-11(15)17-12(7)8(9)6-10(13)14/h2-5H,6H2,1H3,(H,13,14). The number of carboxylic acid groups (broad SMARTS) is 1. The van der Waals surface area contributed by atoms with E-state index in [1.807, 2.05) is 0 Å². The molecule has 5 nitrogen and oxygen atoms in total. The highest BCUT2D eigenvalue weighted by atomic mass is 16.5. The molecule has 0 bridgehead atoms. The number of ether oxygens (including phenoxy) is 1. The molecule has 0 aliphatic rings. The molecule has 0 aliphatic heterocycles. The maximum atomic E-state index is 11.2. The number of fused-ring (bicyclic) bond motifs is 1. The largest absolute Gasteiger partial charge is 0.496 e. The van der Waals surface area contributed by atoms with Gasteiger partial charge in [-0.3, -0.25) is 4.79 Å². The van der Waals surface area contributed by atoms with Crippen molar-refractivity contribution in [3.05, 3.63) is 40.2 Å². The third-order valence-corrected chi connectivity index (χ3v) is 2.40. The van der Waals surface area contributed by atoms with Crippen LogP contribution in [-0.2, 0) is 11.2 Å². The second kappa shape index (κ2) is 4.29. The van der Waals surface area contributed by atoms with Crippen LogP contribution in [-0.4, -0.2) is 18.2 Å². The zero-order chi connectivity index (χ0) is 12.4. The summed E-state index contributed by atoms with van der Waals surface area (Å²) in [5, 5.41) is 9.51. The van der Waals surface area contributed by atoms with Crippen molar-refractivity contribution in [2.75, 3.05) is 7.11 Å². The van der Waals surface area contributed by atoms with Gasteiger partial charge in [0.05, 0.1) is 13.5 Å². The zero-order valence-electron chi connectivity index (χ0n) is 9.10. The lowest BCUT2D eigenvalue weighted by Gasteiger charge is -2.08. The monoisotopic (exact) mass is 234 g/mol. The molecule has 2 rings (SSSR count). The van der Waals surface area contributed by atoms with E-state index in [0.29, 0.717) is 16.7 Å². The second-order valence-corrected chi connectivity index (χ2v) is 3.49. The molecule has 0 saturated carbocycles. The van der Waals surface area contributed by atoms with Gasteiger partial charge in [0.2, 0.25) is 0 Å². The van der Waals surface area contributed by atoms with Crippen molar-refractivity contribution in [1.82, 2.24) is 0 Å². The number of hydrogen-bond acceptors (Lipinski definition) is 4. The molecule has 0 saturated heterocycles. The van der Waals surface area contributed by atoms with Gasteiger partial charge < -0.3 is 14.3 Å². The summed E-state index contributed by atoms with van der Waals surface area (Å²) in [5.41, 5.74) is 0.117. The molecule has 17 heavy (non-hydrogen) atoms. The van der Waals surface area contributed by atoms with Gasteiger partial charge in [-0.15, -0.1) is 0 Å². The van der Waals surface area contributed by atoms with Gasteiger partial charge in [-0.1, -0.05) is 0 Å². The highest BCUT2D eigenvalue weighted by Crippen LogP contribution is 2.27. The smallest absolute Gasteiger partial charge is 0.336 e. The fraction of sp³-hybridized carbons (Fsp3) is 0.167. The highest BCUT2D eigenvalue weighted by molar-refractivity contribution is 5.86. The molecule has 1 aromatic carbocycles. The number of aliphatic carboxylic acids is 1. The molecule has 5 heteroatoms. The second-order valence-electron chi connectivity index (χ2n) is 3.49. The Kier molecular flexibility index (Phi) is 2.82. The van der Waals surface area contributed by atoms with E-state index < -0.39 is 11.6 Å². The Balaban J connectivity index is 2.76. The van der Waals surface area contributed by atoms with Gasteiger partial charge in [-0.25, -0.2) is 4.79 Å². The molecule has 1 N–H and O–H groups in total. The molecule has 1 aromatic heterocycles. The molecule has 0 radical (unpaired) electrons. The van der Waals surface area contributed by atoms with Crippen LogP contribution in [0.1, 0.15) is 5.56 Å². The maximum absolute atomic E-state index is 11.2. The Morgan fingerprint density at radius 2 is 2.06 bits per heavy atom. The van der Waals surface area contributed by atoms with E-state index in [9.17, 15) is 9.59 Å². The predicted molar refractivity (Wildman–Crippen MR) is 60.4 cm³/mol. The first-order valence-electron chi connectivity index (χ1n) is 4.93. The van der Waals surface area contributed by atoms with Crippen LogP contribution in [0.3, 0.4) is 0 Å². The minimum atomic E-state index is -1.01. The van der Waals surface area contributed by atoms with E-state index in [0.717, 1.165) is 0 Å². The molecule has 0 aliphatic carbocycles. The van der Waals surface area contributed by atoms with Crippen LogP contribution >= 0.6 is 0 Å². The molecule has 0 amide bonds. The Labute approximate surface area is 96.2 Å². The van der Waals surface area contributed by atoms with Crippen molar-refractivity contribution in [2.45, 2.75) is 6.42 Å². The normalized spacial score (nSPS) is 10.4. The van der Waals surface area contributed by atoms with Crippen molar-refractivity contribution in [1.29, 1.82) is 0 Å². The van der Waals surface area contributed by atoms with Crippen LogP contribution in [0.15, 0.2) is 33.5 Å². The minimum absolute atomic E-state index is 0.256. The number of methoxy groups -OCH3 is 1. The molecule has 0 fully saturated rings. The molecular formula is C12H10O5. The first kappa shape index (κ1) is 11.2. The van der Waals surface area contributed by atoms with Gasteiger partial charge in [-0.05, 0) is 18.2 Å². The third-order valence-electron chi connectivity index (χ3n) is 2.40. The molecule has 0 atom stereocenters. The lowest BCUT2D eigenvalue weighted by Crippen LogP contribution is -2.05. The van der Waals surface area contributed by atoms with E-state index in [4.69, 9.17) is 14.3 Å². The molecule has 88 valence electrons. The summed E-state index contributed by atoms with van der Waals surface area (Å²) in [6.07, 6.45) is -0.256. The fourth-order valence-corrected chi connectivity index (χ4v) is 1.68. The maximum Gasteiger partial charge on any atom is 0.336 e. The van der Waals surface area contributed by atoms with Gasteiger partial charge in [0.1, 0.15) is 11.3 Å². The zero-order valence-corrected chi connectivity index (χ0v) is 9.10. The van der Waals surface area contributed by atoms with Gasteiger partial charge in [0.15, 0.2) is 0 Å². The summed E-state index contributed by atoms with van der Waals surface area (Å²) in [6, 6.07) is 6.24. The van der Waals surface area contributed by atoms with Gasteiger partial charge in [0, 0.05) is 17.0 Å². The lowest BCUT2D eigenvalue weighted by molar-refractivity contribution is -0.136. The third kappa shape index (κ3) is 2.13. The average Bonchev–Trinajstić information content (AvgIpc) is 2.29. The first-order chi connectivity index (χ1) is 8.11. The van der Waals surface area contributed by atoms with Crippen LogP contribution in [0.4, 0.5) is 0 Å². The van der Waals surface area contributed by atoms with Crippen LogP contribution in [0.5, 0.6) is 5.75 Å². The molecule has 2 aromatic rings. The van der Waals surface area contributed by atoms with Crippen molar-refractivity contribution >= 4 is 16.9 Å². The molecular weight excluding hydrogens is 224 g/mol.